The van der Waals surface area contributed by atoms with Crippen molar-refractivity contribution in [1.29, 1.82) is 0 Å². The Hall–Kier alpha value is -0.0800. The van der Waals surface area contributed by atoms with E-state index in [1.807, 2.05) is 0 Å². The number of piperidine rings is 1. The summed E-state index contributed by atoms with van der Waals surface area (Å²) in [5.41, 5.74) is 0. The minimum absolute atomic E-state index is 0.873. The SMILES string of the molecule is CCCCCCCCCCN1CCCC2CNCC21. The lowest BCUT2D eigenvalue weighted by atomic mass is 9.92. The Labute approximate surface area is 120 Å². The van der Waals surface area contributed by atoms with Gasteiger partial charge in [-0.25, -0.2) is 0 Å². The van der Waals surface area contributed by atoms with Crippen molar-refractivity contribution < 1.29 is 0 Å². The Morgan fingerprint density at radius 2 is 1.68 bits per heavy atom. The number of rotatable bonds is 9. The van der Waals surface area contributed by atoms with Crippen molar-refractivity contribution in [3.8, 4) is 0 Å². The van der Waals surface area contributed by atoms with E-state index in [9.17, 15) is 0 Å². The molecule has 0 aromatic rings. The molecular weight excluding hydrogens is 232 g/mol. The zero-order valence-corrected chi connectivity index (χ0v) is 13.0. The van der Waals surface area contributed by atoms with Gasteiger partial charge in [0.15, 0.2) is 0 Å². The molecule has 2 aliphatic rings. The van der Waals surface area contributed by atoms with Crippen LogP contribution in [-0.4, -0.2) is 37.1 Å². The fourth-order valence-electron chi connectivity index (χ4n) is 3.89. The topological polar surface area (TPSA) is 15.3 Å². The summed E-state index contributed by atoms with van der Waals surface area (Å²) in [6.45, 7) is 7.54. The van der Waals surface area contributed by atoms with Crippen LogP contribution < -0.4 is 5.32 Å². The van der Waals surface area contributed by atoms with E-state index in [0.29, 0.717) is 0 Å². The molecule has 0 saturated carbocycles. The monoisotopic (exact) mass is 266 g/mol. The second-order valence-corrected chi connectivity index (χ2v) is 6.64. The Bertz CT molecular complexity index is 229. The fourth-order valence-corrected chi connectivity index (χ4v) is 3.89. The molecule has 0 aliphatic carbocycles. The highest BCUT2D eigenvalue weighted by Gasteiger charge is 2.34. The average Bonchev–Trinajstić information content (AvgIpc) is 2.91. The zero-order valence-electron chi connectivity index (χ0n) is 13.0. The van der Waals surface area contributed by atoms with Gasteiger partial charge in [-0.05, 0) is 44.8 Å². The van der Waals surface area contributed by atoms with Crippen molar-refractivity contribution in [3.63, 3.8) is 0 Å². The minimum Gasteiger partial charge on any atom is -0.315 e. The van der Waals surface area contributed by atoms with Gasteiger partial charge in [-0.2, -0.15) is 0 Å². The van der Waals surface area contributed by atoms with Gasteiger partial charge in [-0.1, -0.05) is 51.9 Å². The third-order valence-corrected chi connectivity index (χ3v) is 5.09. The van der Waals surface area contributed by atoms with Crippen molar-refractivity contribution in [1.82, 2.24) is 10.2 Å². The van der Waals surface area contributed by atoms with Crippen LogP contribution >= 0.6 is 0 Å². The van der Waals surface area contributed by atoms with Crippen LogP contribution in [0.1, 0.15) is 71.1 Å². The smallest absolute Gasteiger partial charge is 0.0260 e. The molecular formula is C17H34N2. The van der Waals surface area contributed by atoms with Crippen molar-refractivity contribution in [3.05, 3.63) is 0 Å². The molecule has 2 nitrogen and oxygen atoms in total. The fraction of sp³-hybridized carbons (Fsp3) is 1.00. The van der Waals surface area contributed by atoms with Crippen LogP contribution in [0, 0.1) is 5.92 Å². The molecule has 2 aliphatic heterocycles. The largest absolute Gasteiger partial charge is 0.315 e. The molecule has 2 heterocycles. The maximum absolute atomic E-state index is 3.58. The molecule has 0 amide bonds. The summed E-state index contributed by atoms with van der Waals surface area (Å²) in [5.74, 6) is 0.961. The number of fused-ring (bicyclic) bond motifs is 1. The van der Waals surface area contributed by atoms with E-state index in [1.165, 1.54) is 90.4 Å². The number of hydrogen-bond donors (Lipinski definition) is 1. The minimum atomic E-state index is 0.873. The summed E-state index contributed by atoms with van der Waals surface area (Å²) in [6.07, 6.45) is 14.4. The van der Waals surface area contributed by atoms with Crippen LogP contribution in [-0.2, 0) is 0 Å². The van der Waals surface area contributed by atoms with Crippen LogP contribution in [0.5, 0.6) is 0 Å². The van der Waals surface area contributed by atoms with Gasteiger partial charge < -0.3 is 5.32 Å². The zero-order chi connectivity index (χ0) is 13.3. The standard InChI is InChI=1S/C17H34N2/c1-2-3-4-5-6-7-8-9-12-19-13-10-11-16-14-18-15-17(16)19/h16-18H,2-15H2,1H3. The van der Waals surface area contributed by atoms with Crippen LogP contribution in [0.15, 0.2) is 0 Å². The normalized spacial score (nSPS) is 27.6. The van der Waals surface area contributed by atoms with Gasteiger partial charge in [-0.15, -0.1) is 0 Å². The molecule has 112 valence electrons. The first-order chi connectivity index (χ1) is 9.42. The van der Waals surface area contributed by atoms with Crippen molar-refractivity contribution in [2.75, 3.05) is 26.2 Å². The van der Waals surface area contributed by atoms with Crippen LogP contribution in [0.4, 0.5) is 0 Å². The van der Waals surface area contributed by atoms with Gasteiger partial charge >= 0.3 is 0 Å². The van der Waals surface area contributed by atoms with Crippen molar-refractivity contribution in [2.24, 2.45) is 5.92 Å². The first kappa shape index (κ1) is 15.3. The first-order valence-electron chi connectivity index (χ1n) is 8.86. The van der Waals surface area contributed by atoms with E-state index >= 15 is 0 Å². The quantitative estimate of drug-likeness (QED) is 0.638. The third kappa shape index (κ3) is 5.07. The molecule has 0 aromatic heterocycles. The van der Waals surface area contributed by atoms with Gasteiger partial charge in [0.25, 0.3) is 0 Å². The Balaban J connectivity index is 1.48. The van der Waals surface area contributed by atoms with E-state index in [-0.39, 0.29) is 0 Å². The molecule has 0 aromatic carbocycles. The maximum atomic E-state index is 3.58. The summed E-state index contributed by atoms with van der Waals surface area (Å²) in [6, 6.07) is 0.873. The second-order valence-electron chi connectivity index (χ2n) is 6.64. The van der Waals surface area contributed by atoms with Gasteiger partial charge in [-0.3, -0.25) is 4.90 Å². The molecule has 2 unspecified atom stereocenters. The van der Waals surface area contributed by atoms with E-state index in [2.05, 4.69) is 17.1 Å². The lowest BCUT2D eigenvalue weighted by Gasteiger charge is -2.37. The predicted molar refractivity (Wildman–Crippen MR) is 83.6 cm³/mol. The maximum Gasteiger partial charge on any atom is 0.0260 e. The molecule has 2 heteroatoms. The molecule has 0 radical (unpaired) electrons. The van der Waals surface area contributed by atoms with E-state index in [1.54, 1.807) is 0 Å². The summed E-state index contributed by atoms with van der Waals surface area (Å²) < 4.78 is 0. The Morgan fingerprint density at radius 1 is 0.947 bits per heavy atom. The van der Waals surface area contributed by atoms with Crippen molar-refractivity contribution >= 4 is 0 Å². The molecule has 0 spiro atoms. The highest BCUT2D eigenvalue weighted by atomic mass is 15.2. The lowest BCUT2D eigenvalue weighted by molar-refractivity contribution is 0.122. The third-order valence-electron chi connectivity index (χ3n) is 5.09. The summed E-state index contributed by atoms with van der Waals surface area (Å²) in [4.78, 5) is 2.78. The molecule has 19 heavy (non-hydrogen) atoms. The lowest BCUT2D eigenvalue weighted by Crippen LogP contribution is -2.45. The molecule has 2 rings (SSSR count). The Kier molecular flexibility index (Phi) is 7.23. The predicted octanol–water partition coefficient (Wildman–Crippen LogP) is 3.81. The van der Waals surface area contributed by atoms with E-state index in [4.69, 9.17) is 0 Å². The summed E-state index contributed by atoms with van der Waals surface area (Å²) in [7, 11) is 0. The number of unbranched alkanes of at least 4 members (excludes halogenated alkanes) is 7. The summed E-state index contributed by atoms with van der Waals surface area (Å²) in [5, 5.41) is 3.58. The molecule has 2 atom stereocenters. The van der Waals surface area contributed by atoms with E-state index in [0.717, 1.165) is 12.0 Å². The van der Waals surface area contributed by atoms with E-state index < -0.39 is 0 Å². The van der Waals surface area contributed by atoms with Crippen LogP contribution in [0.2, 0.25) is 0 Å². The van der Waals surface area contributed by atoms with Gasteiger partial charge in [0.05, 0.1) is 0 Å². The summed E-state index contributed by atoms with van der Waals surface area (Å²) >= 11 is 0. The molecule has 1 N–H and O–H groups in total. The van der Waals surface area contributed by atoms with Crippen molar-refractivity contribution in [2.45, 2.75) is 77.2 Å². The highest BCUT2D eigenvalue weighted by Crippen LogP contribution is 2.26. The number of likely N-dealkylation sites (tertiary alicyclic amines) is 1. The average molecular weight is 266 g/mol. The van der Waals surface area contributed by atoms with Crippen LogP contribution in [0.25, 0.3) is 0 Å². The number of nitrogens with zero attached hydrogens (tertiary/aromatic N) is 1. The molecule has 2 fully saturated rings. The Morgan fingerprint density at radius 3 is 2.47 bits per heavy atom. The second kappa shape index (κ2) is 8.97. The highest BCUT2D eigenvalue weighted by molar-refractivity contribution is 4.91. The number of nitrogens with one attached hydrogen (secondary N) is 1. The van der Waals surface area contributed by atoms with Gasteiger partial charge in [0.1, 0.15) is 0 Å². The molecule has 0 bridgehead atoms. The van der Waals surface area contributed by atoms with Crippen LogP contribution in [0.3, 0.4) is 0 Å². The molecule has 2 saturated heterocycles. The van der Waals surface area contributed by atoms with Gasteiger partial charge in [0.2, 0.25) is 0 Å². The van der Waals surface area contributed by atoms with Gasteiger partial charge in [0, 0.05) is 12.6 Å². The first-order valence-corrected chi connectivity index (χ1v) is 8.86. The number of hydrogen-bond acceptors (Lipinski definition) is 2.